The third-order valence-electron chi connectivity index (χ3n) is 4.78. The van der Waals surface area contributed by atoms with Crippen molar-refractivity contribution in [3.05, 3.63) is 71.3 Å². The highest BCUT2D eigenvalue weighted by molar-refractivity contribution is 7.80. The van der Waals surface area contributed by atoms with Gasteiger partial charge in [0, 0.05) is 16.8 Å². The maximum Gasteiger partial charge on any atom is 0.168 e. The van der Waals surface area contributed by atoms with E-state index < -0.39 is 0 Å². The van der Waals surface area contributed by atoms with Crippen molar-refractivity contribution >= 4 is 22.9 Å². The minimum atomic E-state index is 0.136. The van der Waals surface area contributed by atoms with E-state index in [2.05, 4.69) is 13.0 Å². The van der Waals surface area contributed by atoms with Gasteiger partial charge in [0.05, 0.1) is 0 Å². The van der Waals surface area contributed by atoms with E-state index in [0.29, 0.717) is 6.42 Å². The average molecular weight is 367 g/mol. The molecule has 0 amide bonds. The van der Waals surface area contributed by atoms with Crippen LogP contribution in [-0.4, -0.2) is 10.6 Å². The Morgan fingerprint density at radius 1 is 0.808 bits per heavy atom. The summed E-state index contributed by atoms with van der Waals surface area (Å²) in [7, 11) is 0. The van der Waals surface area contributed by atoms with E-state index in [1.807, 2.05) is 48.5 Å². The molecule has 1 nitrogen and oxygen atoms in total. The first-order chi connectivity index (χ1) is 12.7. The summed E-state index contributed by atoms with van der Waals surface area (Å²) in [5, 5.41) is 0. The van der Waals surface area contributed by atoms with Crippen molar-refractivity contribution in [3.63, 3.8) is 0 Å². The average Bonchev–Trinajstić information content (AvgIpc) is 2.68. The Labute approximate surface area is 163 Å². The lowest BCUT2D eigenvalue weighted by molar-refractivity contribution is 0.100. The van der Waals surface area contributed by atoms with E-state index in [-0.39, 0.29) is 5.78 Å². The van der Waals surface area contributed by atoms with Gasteiger partial charge in [-0.15, -0.1) is 0 Å². The fourth-order valence-corrected chi connectivity index (χ4v) is 3.52. The molecule has 0 aliphatic carbocycles. The lowest BCUT2D eigenvalue weighted by atomic mass is 9.95. The van der Waals surface area contributed by atoms with Gasteiger partial charge in [-0.25, -0.2) is 0 Å². The maximum atomic E-state index is 12.8. The molecule has 0 fully saturated rings. The summed E-state index contributed by atoms with van der Waals surface area (Å²) >= 11 is 5.48. The Morgan fingerprint density at radius 3 is 2.15 bits per heavy atom. The summed E-state index contributed by atoms with van der Waals surface area (Å²) in [5.41, 5.74) is 2.99. The van der Waals surface area contributed by atoms with Crippen molar-refractivity contribution in [1.29, 1.82) is 0 Å². The molecule has 2 aromatic carbocycles. The Bertz CT molecular complexity index is 690. The van der Waals surface area contributed by atoms with Crippen molar-refractivity contribution < 1.29 is 4.79 Å². The largest absolute Gasteiger partial charge is 0.294 e. The zero-order valence-corrected chi connectivity index (χ0v) is 16.7. The van der Waals surface area contributed by atoms with Gasteiger partial charge in [-0.2, -0.15) is 0 Å². The fraction of sp³-hybridized carbons (Fsp3) is 0.417. The number of hydrogen-bond acceptors (Lipinski definition) is 2. The van der Waals surface area contributed by atoms with Crippen LogP contribution in [0.1, 0.15) is 79.8 Å². The summed E-state index contributed by atoms with van der Waals surface area (Å²) in [6, 6.07) is 17.9. The number of rotatable bonds is 12. The Balaban J connectivity index is 1.87. The van der Waals surface area contributed by atoms with Crippen LogP contribution >= 0.6 is 12.2 Å². The van der Waals surface area contributed by atoms with Crippen molar-refractivity contribution in [3.8, 4) is 0 Å². The number of carbonyl (C=O) groups excluding carboxylic acids is 1. The Kier molecular flexibility index (Phi) is 9.27. The topological polar surface area (TPSA) is 17.1 Å². The van der Waals surface area contributed by atoms with Gasteiger partial charge < -0.3 is 0 Å². The van der Waals surface area contributed by atoms with E-state index in [0.717, 1.165) is 28.8 Å². The van der Waals surface area contributed by atoms with Gasteiger partial charge in [0.1, 0.15) is 0 Å². The number of hydrogen-bond donors (Lipinski definition) is 0. The molecule has 0 saturated carbocycles. The molecule has 0 radical (unpaired) electrons. The molecule has 0 N–H and O–H groups in total. The van der Waals surface area contributed by atoms with E-state index >= 15 is 0 Å². The van der Waals surface area contributed by atoms with Crippen LogP contribution in [-0.2, 0) is 6.42 Å². The second-order valence-corrected chi connectivity index (χ2v) is 7.41. The molecule has 0 aliphatic heterocycles. The molecule has 2 rings (SSSR count). The highest BCUT2D eigenvalue weighted by atomic mass is 32.1. The molecule has 138 valence electrons. The molecule has 0 heterocycles. The first-order valence-corrected chi connectivity index (χ1v) is 10.3. The van der Waals surface area contributed by atoms with E-state index in [1.54, 1.807) is 0 Å². The molecule has 26 heavy (non-hydrogen) atoms. The van der Waals surface area contributed by atoms with Gasteiger partial charge in [0.2, 0.25) is 0 Å². The lowest BCUT2D eigenvalue weighted by Gasteiger charge is -2.10. The SMILES string of the molecule is CCCCCCCCCc1ccccc1C(=O)CC(=S)c1ccccc1. The molecule has 0 saturated heterocycles. The number of carbonyl (C=O) groups is 1. The van der Waals surface area contributed by atoms with Crippen molar-refractivity contribution in [2.75, 3.05) is 0 Å². The first-order valence-electron chi connectivity index (χ1n) is 9.91. The standard InChI is InChI=1S/C24H30OS/c1-2-3-4-5-6-7-9-14-20-15-12-13-18-22(20)23(25)19-24(26)21-16-10-8-11-17-21/h8,10-13,15-18H,2-7,9,14,19H2,1H3. The molecule has 0 aliphatic rings. The summed E-state index contributed by atoms with van der Waals surface area (Å²) in [5.74, 6) is 0.136. The minimum absolute atomic E-state index is 0.136. The smallest absolute Gasteiger partial charge is 0.168 e. The molecule has 2 heteroatoms. The normalized spacial score (nSPS) is 10.7. The van der Waals surface area contributed by atoms with Crippen LogP contribution < -0.4 is 0 Å². The van der Waals surface area contributed by atoms with Gasteiger partial charge in [0.15, 0.2) is 5.78 Å². The van der Waals surface area contributed by atoms with Crippen LogP contribution in [0.25, 0.3) is 0 Å². The zero-order chi connectivity index (χ0) is 18.6. The predicted octanol–water partition coefficient (Wildman–Crippen LogP) is 6.97. The third-order valence-corrected chi connectivity index (χ3v) is 5.16. The number of ketones is 1. The molecule has 0 atom stereocenters. The minimum Gasteiger partial charge on any atom is -0.294 e. The van der Waals surface area contributed by atoms with Gasteiger partial charge >= 0.3 is 0 Å². The predicted molar refractivity (Wildman–Crippen MR) is 115 cm³/mol. The molecule has 0 spiro atoms. The Morgan fingerprint density at radius 2 is 1.42 bits per heavy atom. The van der Waals surface area contributed by atoms with E-state index in [9.17, 15) is 4.79 Å². The third kappa shape index (κ3) is 6.84. The van der Waals surface area contributed by atoms with Crippen LogP contribution in [0.2, 0.25) is 0 Å². The van der Waals surface area contributed by atoms with Crippen LogP contribution in [0.3, 0.4) is 0 Å². The molecule has 2 aromatic rings. The van der Waals surface area contributed by atoms with Crippen LogP contribution in [0.5, 0.6) is 0 Å². The second kappa shape index (κ2) is 11.7. The van der Waals surface area contributed by atoms with Crippen LogP contribution in [0.4, 0.5) is 0 Å². The molecule has 0 bridgehead atoms. The van der Waals surface area contributed by atoms with E-state index in [1.165, 1.54) is 44.1 Å². The van der Waals surface area contributed by atoms with Crippen molar-refractivity contribution in [2.45, 2.75) is 64.7 Å². The maximum absolute atomic E-state index is 12.8. The van der Waals surface area contributed by atoms with Crippen molar-refractivity contribution in [1.82, 2.24) is 0 Å². The van der Waals surface area contributed by atoms with Gasteiger partial charge in [0.25, 0.3) is 0 Å². The molecule has 0 aromatic heterocycles. The zero-order valence-electron chi connectivity index (χ0n) is 15.9. The second-order valence-electron chi connectivity index (χ2n) is 6.92. The van der Waals surface area contributed by atoms with Gasteiger partial charge in [-0.05, 0) is 24.0 Å². The quantitative estimate of drug-likeness (QED) is 0.229. The number of unbranched alkanes of at least 4 members (excludes halogenated alkanes) is 6. The number of thiocarbonyl (C=S) groups is 1. The summed E-state index contributed by atoms with van der Waals surface area (Å²) in [4.78, 5) is 13.5. The fourth-order valence-electron chi connectivity index (χ4n) is 3.25. The van der Waals surface area contributed by atoms with Crippen molar-refractivity contribution in [2.24, 2.45) is 0 Å². The molecular weight excluding hydrogens is 336 g/mol. The van der Waals surface area contributed by atoms with Crippen LogP contribution in [0, 0.1) is 0 Å². The summed E-state index contributed by atoms with van der Waals surface area (Å²) in [6.07, 6.45) is 10.3. The summed E-state index contributed by atoms with van der Waals surface area (Å²) < 4.78 is 0. The Hall–Kier alpha value is -1.80. The molecule has 0 unspecified atom stereocenters. The highest BCUT2D eigenvalue weighted by Gasteiger charge is 2.13. The number of Topliss-reactive ketones (excluding diaryl/α,β-unsaturated/α-hetero) is 1. The van der Waals surface area contributed by atoms with E-state index in [4.69, 9.17) is 12.2 Å². The highest BCUT2D eigenvalue weighted by Crippen LogP contribution is 2.17. The lowest BCUT2D eigenvalue weighted by Crippen LogP contribution is -2.10. The summed E-state index contributed by atoms with van der Waals surface area (Å²) in [6.45, 7) is 2.25. The first kappa shape index (κ1) is 20.5. The van der Waals surface area contributed by atoms with Gasteiger partial charge in [-0.3, -0.25) is 4.79 Å². The van der Waals surface area contributed by atoms with Crippen LogP contribution in [0.15, 0.2) is 54.6 Å². The molecular formula is C24H30OS. The number of aryl methyl sites for hydroxylation is 1. The van der Waals surface area contributed by atoms with Gasteiger partial charge in [-0.1, -0.05) is 112 Å². The number of benzene rings is 2. The monoisotopic (exact) mass is 366 g/mol.